The summed E-state index contributed by atoms with van der Waals surface area (Å²) in [6.45, 7) is 4.54. The Balaban J connectivity index is 1.69. The second-order valence-corrected chi connectivity index (χ2v) is 7.39. The summed E-state index contributed by atoms with van der Waals surface area (Å²) in [5.74, 6) is -0.00149. The number of hydrogen-bond acceptors (Lipinski definition) is 5. The van der Waals surface area contributed by atoms with Gasteiger partial charge in [-0.15, -0.1) is 0 Å². The van der Waals surface area contributed by atoms with E-state index in [0.717, 1.165) is 17.0 Å². The van der Waals surface area contributed by atoms with Gasteiger partial charge in [-0.05, 0) is 71.2 Å². The normalized spacial score (nSPS) is 11.0. The SMILES string of the molecule is COc1cc(/C=N/NC(=O)c2cccc(Cn3nc(C)cc3C)c2)cc(Br)c1O. The molecule has 0 bridgehead atoms. The van der Waals surface area contributed by atoms with Crippen molar-refractivity contribution in [3.8, 4) is 11.5 Å². The molecule has 1 heterocycles. The average molecular weight is 457 g/mol. The molecule has 0 aliphatic carbocycles. The fraction of sp³-hybridized carbons (Fsp3) is 0.190. The van der Waals surface area contributed by atoms with E-state index in [4.69, 9.17) is 4.74 Å². The number of hydrogen-bond donors (Lipinski definition) is 2. The van der Waals surface area contributed by atoms with Crippen LogP contribution in [0.3, 0.4) is 0 Å². The Morgan fingerprint density at radius 2 is 2.10 bits per heavy atom. The highest BCUT2D eigenvalue weighted by Gasteiger charge is 2.09. The number of carbonyl (C=O) groups is 1. The van der Waals surface area contributed by atoms with Gasteiger partial charge in [-0.1, -0.05) is 12.1 Å². The molecule has 7 nitrogen and oxygen atoms in total. The quantitative estimate of drug-likeness (QED) is 0.436. The first-order valence-electron chi connectivity index (χ1n) is 8.87. The second kappa shape index (κ2) is 8.91. The molecule has 0 spiro atoms. The van der Waals surface area contributed by atoms with Gasteiger partial charge in [0.25, 0.3) is 5.91 Å². The summed E-state index contributed by atoms with van der Waals surface area (Å²) in [5.41, 5.74) is 6.68. The Bertz CT molecular complexity index is 1080. The van der Waals surface area contributed by atoms with Crippen LogP contribution in [-0.2, 0) is 6.54 Å². The predicted octanol–water partition coefficient (Wildman–Crippen LogP) is 3.79. The number of methoxy groups -OCH3 is 1. The van der Waals surface area contributed by atoms with E-state index in [0.29, 0.717) is 27.9 Å². The number of carbonyl (C=O) groups excluding carboxylic acids is 1. The molecule has 2 aromatic carbocycles. The van der Waals surface area contributed by atoms with Crippen LogP contribution in [0.25, 0.3) is 0 Å². The maximum Gasteiger partial charge on any atom is 0.271 e. The monoisotopic (exact) mass is 456 g/mol. The van der Waals surface area contributed by atoms with Gasteiger partial charge >= 0.3 is 0 Å². The van der Waals surface area contributed by atoms with Gasteiger partial charge in [0, 0.05) is 11.3 Å². The van der Waals surface area contributed by atoms with Gasteiger partial charge in [-0.25, -0.2) is 5.43 Å². The number of aromatic nitrogens is 2. The lowest BCUT2D eigenvalue weighted by Crippen LogP contribution is -2.18. The lowest BCUT2D eigenvalue weighted by molar-refractivity contribution is 0.0955. The van der Waals surface area contributed by atoms with Crippen LogP contribution >= 0.6 is 15.9 Å². The molecule has 1 aromatic heterocycles. The lowest BCUT2D eigenvalue weighted by atomic mass is 10.1. The number of amides is 1. The van der Waals surface area contributed by atoms with Gasteiger partial charge in [-0.3, -0.25) is 9.48 Å². The number of phenolic OH excluding ortho intramolecular Hbond substituents is 1. The maximum atomic E-state index is 12.4. The number of nitrogens with zero attached hydrogens (tertiary/aromatic N) is 3. The molecule has 29 heavy (non-hydrogen) atoms. The van der Waals surface area contributed by atoms with Crippen LogP contribution in [0.4, 0.5) is 0 Å². The number of benzene rings is 2. The molecule has 0 radical (unpaired) electrons. The maximum absolute atomic E-state index is 12.4. The van der Waals surface area contributed by atoms with Crippen molar-refractivity contribution >= 4 is 28.1 Å². The van der Waals surface area contributed by atoms with Crippen LogP contribution in [0.15, 0.2) is 52.0 Å². The molecule has 0 aliphatic heterocycles. The molecule has 3 aromatic rings. The predicted molar refractivity (Wildman–Crippen MR) is 115 cm³/mol. The standard InChI is InChI=1S/C21H21BrN4O3/c1-13-7-14(2)26(25-13)12-15-5-4-6-17(8-15)21(28)24-23-11-16-9-18(22)20(27)19(10-16)29-3/h4-11,27H,12H2,1-3H3,(H,24,28)/b23-11+. The molecule has 0 fully saturated rings. The number of rotatable bonds is 6. The zero-order chi connectivity index (χ0) is 21.0. The van der Waals surface area contributed by atoms with E-state index in [-0.39, 0.29) is 11.7 Å². The summed E-state index contributed by atoms with van der Waals surface area (Å²) in [5, 5.41) is 18.3. The number of hydrazone groups is 1. The minimum Gasteiger partial charge on any atom is -0.503 e. The molecule has 0 saturated carbocycles. The molecular formula is C21H21BrN4O3. The number of aromatic hydroxyl groups is 1. The smallest absolute Gasteiger partial charge is 0.271 e. The number of nitrogens with one attached hydrogen (secondary N) is 1. The van der Waals surface area contributed by atoms with Crippen molar-refractivity contribution in [2.24, 2.45) is 5.10 Å². The van der Waals surface area contributed by atoms with Crippen molar-refractivity contribution in [1.29, 1.82) is 0 Å². The Kier molecular flexibility index (Phi) is 6.33. The summed E-state index contributed by atoms with van der Waals surface area (Å²) >= 11 is 3.25. The first kappa shape index (κ1) is 20.6. The van der Waals surface area contributed by atoms with Gasteiger partial charge in [-0.2, -0.15) is 10.2 Å². The van der Waals surface area contributed by atoms with Gasteiger partial charge < -0.3 is 9.84 Å². The van der Waals surface area contributed by atoms with Crippen LogP contribution in [-0.4, -0.2) is 34.1 Å². The van der Waals surface area contributed by atoms with E-state index in [9.17, 15) is 9.90 Å². The molecule has 150 valence electrons. The Labute approximate surface area is 177 Å². The van der Waals surface area contributed by atoms with Crippen molar-refractivity contribution in [2.75, 3.05) is 7.11 Å². The van der Waals surface area contributed by atoms with Crippen LogP contribution in [0.2, 0.25) is 0 Å². The number of halogens is 1. The summed E-state index contributed by atoms with van der Waals surface area (Å²) in [6.07, 6.45) is 1.48. The molecule has 0 aliphatic rings. The highest BCUT2D eigenvalue weighted by atomic mass is 79.9. The molecular weight excluding hydrogens is 436 g/mol. The highest BCUT2D eigenvalue weighted by Crippen LogP contribution is 2.34. The highest BCUT2D eigenvalue weighted by molar-refractivity contribution is 9.10. The molecule has 0 unspecified atom stereocenters. The molecule has 0 saturated heterocycles. The van der Waals surface area contributed by atoms with Gasteiger partial charge in [0.2, 0.25) is 0 Å². The van der Waals surface area contributed by atoms with Crippen LogP contribution in [0, 0.1) is 13.8 Å². The fourth-order valence-corrected chi connectivity index (χ4v) is 3.33. The van der Waals surface area contributed by atoms with E-state index in [1.807, 2.05) is 42.8 Å². The van der Waals surface area contributed by atoms with E-state index in [1.54, 1.807) is 18.2 Å². The molecule has 8 heteroatoms. The van der Waals surface area contributed by atoms with E-state index >= 15 is 0 Å². The third-order valence-corrected chi connectivity index (χ3v) is 4.88. The fourth-order valence-electron chi connectivity index (χ4n) is 2.87. The van der Waals surface area contributed by atoms with Crippen LogP contribution in [0.1, 0.15) is 32.9 Å². The third kappa shape index (κ3) is 5.03. The van der Waals surface area contributed by atoms with Crippen molar-refractivity contribution in [2.45, 2.75) is 20.4 Å². The molecule has 2 N–H and O–H groups in total. The zero-order valence-corrected chi connectivity index (χ0v) is 17.9. The van der Waals surface area contributed by atoms with Crippen molar-refractivity contribution in [3.63, 3.8) is 0 Å². The first-order valence-corrected chi connectivity index (χ1v) is 9.66. The minimum absolute atomic E-state index is 0.00751. The number of aryl methyl sites for hydroxylation is 2. The third-order valence-electron chi connectivity index (χ3n) is 4.28. The second-order valence-electron chi connectivity index (χ2n) is 6.54. The first-order chi connectivity index (χ1) is 13.9. The Morgan fingerprint density at radius 1 is 1.31 bits per heavy atom. The van der Waals surface area contributed by atoms with Crippen LogP contribution < -0.4 is 10.2 Å². The summed E-state index contributed by atoms with van der Waals surface area (Å²) < 4.78 is 7.48. The molecule has 3 rings (SSSR count). The van der Waals surface area contributed by atoms with Crippen molar-refractivity contribution < 1.29 is 14.6 Å². The van der Waals surface area contributed by atoms with Gasteiger partial charge in [0.05, 0.1) is 30.0 Å². The minimum atomic E-state index is -0.318. The largest absolute Gasteiger partial charge is 0.503 e. The van der Waals surface area contributed by atoms with Crippen LogP contribution in [0.5, 0.6) is 11.5 Å². The zero-order valence-electron chi connectivity index (χ0n) is 16.3. The number of ether oxygens (including phenoxy) is 1. The summed E-state index contributed by atoms with van der Waals surface area (Å²) in [7, 11) is 1.46. The molecule has 1 amide bonds. The summed E-state index contributed by atoms with van der Waals surface area (Å²) in [4.78, 5) is 12.4. The lowest BCUT2D eigenvalue weighted by Gasteiger charge is -2.07. The van der Waals surface area contributed by atoms with Gasteiger partial charge in [0.1, 0.15) is 0 Å². The van der Waals surface area contributed by atoms with E-state index < -0.39 is 0 Å². The van der Waals surface area contributed by atoms with E-state index in [2.05, 4.69) is 31.6 Å². The number of phenols is 1. The Hall–Kier alpha value is -3.13. The van der Waals surface area contributed by atoms with E-state index in [1.165, 1.54) is 13.3 Å². The Morgan fingerprint density at radius 3 is 2.79 bits per heavy atom. The van der Waals surface area contributed by atoms with Crippen molar-refractivity contribution in [3.05, 3.63) is 75.0 Å². The molecule has 0 atom stereocenters. The van der Waals surface area contributed by atoms with Gasteiger partial charge in [0.15, 0.2) is 11.5 Å². The summed E-state index contributed by atoms with van der Waals surface area (Å²) in [6, 6.07) is 12.6. The average Bonchev–Trinajstić information content (AvgIpc) is 3.01. The van der Waals surface area contributed by atoms with Crippen molar-refractivity contribution in [1.82, 2.24) is 15.2 Å². The topological polar surface area (TPSA) is 88.7 Å².